The second-order valence-corrected chi connectivity index (χ2v) is 6.93. The van der Waals surface area contributed by atoms with Crippen LogP contribution < -0.4 is 0 Å². The van der Waals surface area contributed by atoms with E-state index in [1.807, 2.05) is 54.6 Å². The number of carbonyl (C=O) groups is 2. The van der Waals surface area contributed by atoms with E-state index in [-0.39, 0.29) is 23.7 Å². The number of amides is 2. The fraction of sp³-hybridized carbons (Fsp3) is 0.238. The number of aromatic nitrogens is 1. The molecule has 0 bridgehead atoms. The lowest BCUT2D eigenvalue weighted by atomic mass is 9.78. The number of hydrogen-bond donors (Lipinski definition) is 1. The average molecular weight is 330 g/mol. The van der Waals surface area contributed by atoms with Crippen molar-refractivity contribution in [3.63, 3.8) is 0 Å². The van der Waals surface area contributed by atoms with Crippen LogP contribution >= 0.6 is 0 Å². The number of rotatable bonds is 2. The molecular weight excluding hydrogens is 312 g/mol. The summed E-state index contributed by atoms with van der Waals surface area (Å²) >= 11 is 0. The smallest absolute Gasteiger partial charge is 0.237 e. The number of likely N-dealkylation sites (tertiary alicyclic amines) is 1. The third-order valence-electron chi connectivity index (χ3n) is 5.55. The van der Waals surface area contributed by atoms with Crippen molar-refractivity contribution in [2.45, 2.75) is 25.3 Å². The summed E-state index contributed by atoms with van der Waals surface area (Å²) in [4.78, 5) is 31.0. The van der Waals surface area contributed by atoms with Gasteiger partial charge in [0.1, 0.15) is 0 Å². The zero-order chi connectivity index (χ0) is 17.0. The lowest BCUT2D eigenvalue weighted by Crippen LogP contribution is -2.30. The molecule has 1 saturated heterocycles. The normalized spacial score (nSPS) is 22.3. The third-order valence-corrected chi connectivity index (χ3v) is 5.55. The highest BCUT2D eigenvalue weighted by atomic mass is 16.2. The Balaban J connectivity index is 1.58. The van der Waals surface area contributed by atoms with Crippen LogP contribution in [0.5, 0.6) is 0 Å². The van der Waals surface area contributed by atoms with Crippen molar-refractivity contribution in [1.29, 1.82) is 0 Å². The highest BCUT2D eigenvalue weighted by molar-refractivity contribution is 6.10. The van der Waals surface area contributed by atoms with Gasteiger partial charge in [0.05, 0.1) is 18.4 Å². The lowest BCUT2D eigenvalue weighted by Gasteiger charge is -2.21. The van der Waals surface area contributed by atoms with E-state index in [0.29, 0.717) is 6.54 Å². The van der Waals surface area contributed by atoms with Crippen molar-refractivity contribution < 1.29 is 9.59 Å². The summed E-state index contributed by atoms with van der Waals surface area (Å²) in [6.07, 6.45) is 1.56. The van der Waals surface area contributed by atoms with E-state index in [1.165, 1.54) is 4.90 Å². The molecule has 1 N–H and O–H groups in total. The topological polar surface area (TPSA) is 53.2 Å². The molecular formula is C21H18N2O2. The van der Waals surface area contributed by atoms with E-state index >= 15 is 0 Å². The number of fused-ring (bicyclic) bond motifs is 5. The molecule has 0 saturated carbocycles. The highest BCUT2D eigenvalue weighted by Crippen LogP contribution is 2.46. The van der Waals surface area contributed by atoms with Gasteiger partial charge < -0.3 is 4.98 Å². The van der Waals surface area contributed by atoms with Gasteiger partial charge in [-0.15, -0.1) is 0 Å². The molecule has 2 amide bonds. The average Bonchev–Trinajstić information content (AvgIpc) is 3.13. The van der Waals surface area contributed by atoms with E-state index in [2.05, 4.69) is 4.98 Å². The second-order valence-electron chi connectivity index (χ2n) is 6.93. The third kappa shape index (κ3) is 2.07. The summed E-state index contributed by atoms with van der Waals surface area (Å²) < 4.78 is 0. The molecule has 0 spiro atoms. The maximum absolute atomic E-state index is 13.2. The lowest BCUT2D eigenvalue weighted by molar-refractivity contribution is -0.140. The van der Waals surface area contributed by atoms with Crippen molar-refractivity contribution in [3.05, 3.63) is 71.4 Å². The number of benzene rings is 2. The molecule has 3 aromatic rings. The van der Waals surface area contributed by atoms with Crippen molar-refractivity contribution >= 4 is 22.7 Å². The quantitative estimate of drug-likeness (QED) is 0.732. The monoisotopic (exact) mass is 330 g/mol. The number of nitrogens with one attached hydrogen (secondary N) is 1. The van der Waals surface area contributed by atoms with Gasteiger partial charge in [-0.05, 0) is 30.0 Å². The minimum absolute atomic E-state index is 0.0187. The van der Waals surface area contributed by atoms with E-state index < -0.39 is 0 Å². The van der Waals surface area contributed by atoms with E-state index in [9.17, 15) is 9.59 Å². The molecule has 0 unspecified atom stereocenters. The molecule has 1 aliphatic heterocycles. The number of H-pyrrole nitrogens is 1. The summed E-state index contributed by atoms with van der Waals surface area (Å²) in [5.74, 6) is -0.627. The first kappa shape index (κ1) is 14.5. The van der Waals surface area contributed by atoms with Crippen LogP contribution in [0.15, 0.2) is 54.6 Å². The van der Waals surface area contributed by atoms with Crippen LogP contribution in [0.4, 0.5) is 0 Å². The van der Waals surface area contributed by atoms with Gasteiger partial charge in [0.2, 0.25) is 11.8 Å². The summed E-state index contributed by atoms with van der Waals surface area (Å²) in [5, 5.41) is 1.08. The van der Waals surface area contributed by atoms with Gasteiger partial charge in [-0.2, -0.15) is 0 Å². The van der Waals surface area contributed by atoms with Crippen LogP contribution in [-0.2, 0) is 22.6 Å². The molecule has 0 radical (unpaired) electrons. The van der Waals surface area contributed by atoms with Crippen molar-refractivity contribution in [1.82, 2.24) is 9.88 Å². The Kier molecular flexibility index (Phi) is 3.07. The summed E-state index contributed by atoms with van der Waals surface area (Å²) in [7, 11) is 0. The van der Waals surface area contributed by atoms with Crippen LogP contribution in [0, 0.1) is 5.92 Å². The number of nitrogens with zero attached hydrogens (tertiary/aromatic N) is 1. The maximum Gasteiger partial charge on any atom is 0.237 e. The van der Waals surface area contributed by atoms with Crippen LogP contribution in [0.1, 0.15) is 29.2 Å². The van der Waals surface area contributed by atoms with Crippen molar-refractivity contribution in [2.24, 2.45) is 5.92 Å². The summed E-state index contributed by atoms with van der Waals surface area (Å²) in [6.45, 7) is 0.364. The highest BCUT2D eigenvalue weighted by Gasteiger charge is 2.51. The largest absolute Gasteiger partial charge is 0.358 e. The number of imide groups is 1. The molecule has 1 fully saturated rings. The minimum atomic E-state index is -0.337. The van der Waals surface area contributed by atoms with Gasteiger partial charge in [-0.25, -0.2) is 0 Å². The number of aromatic amines is 1. The van der Waals surface area contributed by atoms with E-state index in [1.54, 1.807) is 0 Å². The van der Waals surface area contributed by atoms with Crippen LogP contribution in [0.2, 0.25) is 0 Å². The molecule has 25 heavy (non-hydrogen) atoms. The predicted octanol–water partition coefficient (Wildman–Crippen LogP) is 3.38. The van der Waals surface area contributed by atoms with Crippen LogP contribution in [0.3, 0.4) is 0 Å². The van der Waals surface area contributed by atoms with Crippen molar-refractivity contribution in [2.75, 3.05) is 0 Å². The molecule has 2 atom stereocenters. The number of aryl methyl sites for hydroxylation is 1. The summed E-state index contributed by atoms with van der Waals surface area (Å²) in [6, 6.07) is 17.8. The van der Waals surface area contributed by atoms with Gasteiger partial charge in [-0.1, -0.05) is 48.5 Å². The number of para-hydroxylation sites is 1. The molecule has 5 rings (SSSR count). The zero-order valence-corrected chi connectivity index (χ0v) is 13.7. The van der Waals surface area contributed by atoms with Gasteiger partial charge in [-0.3, -0.25) is 14.5 Å². The van der Waals surface area contributed by atoms with Gasteiger partial charge in [0.25, 0.3) is 0 Å². The SMILES string of the molecule is O=C1[C@@H]2CCc3[nH]c4ccccc4c3[C@@H]2C(=O)N1Cc1ccccc1. The van der Waals surface area contributed by atoms with Gasteiger partial charge in [0, 0.05) is 16.6 Å². The predicted molar refractivity (Wildman–Crippen MR) is 94.8 cm³/mol. The fourth-order valence-corrected chi connectivity index (χ4v) is 4.40. The minimum Gasteiger partial charge on any atom is -0.358 e. The first-order valence-electron chi connectivity index (χ1n) is 8.72. The standard InChI is InChI=1S/C21H18N2O2/c24-20-15-10-11-17-18(14-8-4-5-9-16(14)22-17)19(15)21(25)23(20)12-13-6-2-1-3-7-13/h1-9,15,19,22H,10-12H2/t15-,19-/m1/s1. The van der Waals surface area contributed by atoms with Crippen LogP contribution in [-0.4, -0.2) is 21.7 Å². The zero-order valence-electron chi connectivity index (χ0n) is 13.7. The van der Waals surface area contributed by atoms with E-state index in [4.69, 9.17) is 0 Å². The Morgan fingerprint density at radius 3 is 2.56 bits per heavy atom. The number of hydrogen-bond acceptors (Lipinski definition) is 2. The van der Waals surface area contributed by atoms with Gasteiger partial charge >= 0.3 is 0 Å². The Bertz CT molecular complexity index is 990. The molecule has 1 aliphatic carbocycles. The summed E-state index contributed by atoms with van der Waals surface area (Å²) in [5.41, 5.74) is 4.20. The molecule has 2 aromatic carbocycles. The molecule has 1 aromatic heterocycles. The van der Waals surface area contributed by atoms with Gasteiger partial charge in [0.15, 0.2) is 0 Å². The molecule has 4 nitrogen and oxygen atoms in total. The molecule has 4 heteroatoms. The first-order chi connectivity index (χ1) is 12.2. The Morgan fingerprint density at radius 1 is 0.960 bits per heavy atom. The molecule has 2 heterocycles. The van der Waals surface area contributed by atoms with Crippen LogP contribution in [0.25, 0.3) is 10.9 Å². The molecule has 2 aliphatic rings. The fourth-order valence-electron chi connectivity index (χ4n) is 4.40. The van der Waals surface area contributed by atoms with E-state index in [0.717, 1.165) is 40.6 Å². The Morgan fingerprint density at radius 2 is 1.72 bits per heavy atom. The maximum atomic E-state index is 13.2. The second kappa shape index (κ2) is 5.31. The number of carbonyl (C=O) groups excluding carboxylic acids is 2. The first-order valence-corrected chi connectivity index (χ1v) is 8.72. The Hall–Kier alpha value is -2.88. The van der Waals surface area contributed by atoms with Crippen molar-refractivity contribution in [3.8, 4) is 0 Å². The molecule has 124 valence electrons. The Labute approximate surface area is 145 Å².